The summed E-state index contributed by atoms with van der Waals surface area (Å²) >= 11 is 0. The van der Waals surface area contributed by atoms with Crippen LogP contribution in [0, 0.1) is 0 Å². The summed E-state index contributed by atoms with van der Waals surface area (Å²) in [6, 6.07) is 105. The lowest BCUT2D eigenvalue weighted by atomic mass is 9.97. The summed E-state index contributed by atoms with van der Waals surface area (Å²) in [6.07, 6.45) is 0. The summed E-state index contributed by atoms with van der Waals surface area (Å²) < 4.78 is 9.86. The molecule has 0 bridgehead atoms. The van der Waals surface area contributed by atoms with E-state index in [2.05, 4.69) is 303 Å². The summed E-state index contributed by atoms with van der Waals surface area (Å²) in [5, 5.41) is 9.66. The van der Waals surface area contributed by atoms with Crippen LogP contribution in [0.5, 0.6) is 0 Å². The number of nitrogens with zero attached hydrogens (tertiary/aromatic N) is 6. The Morgan fingerprint density at radius 1 is 0.207 bits per heavy atom. The molecule has 5 aromatic heterocycles. The minimum absolute atomic E-state index is 0.674. The third kappa shape index (κ3) is 7.01. The van der Waals surface area contributed by atoms with E-state index in [4.69, 9.17) is 9.97 Å². The molecule has 6 nitrogen and oxygen atoms in total. The zero-order chi connectivity index (χ0) is 53.8. The van der Waals surface area contributed by atoms with Crippen LogP contribution in [0.15, 0.2) is 291 Å². The smallest absolute Gasteiger partial charge is 0.160 e. The summed E-state index contributed by atoms with van der Waals surface area (Å²) in [5.41, 5.74) is 20.3. The number of aromatic nitrogens is 6. The maximum atomic E-state index is 5.43. The molecule has 0 saturated carbocycles. The average molecular weight is 1050 g/mol. The minimum atomic E-state index is 0.674. The van der Waals surface area contributed by atoms with Crippen molar-refractivity contribution in [3.63, 3.8) is 0 Å². The topological polar surface area (TPSA) is 45.5 Å². The van der Waals surface area contributed by atoms with Gasteiger partial charge in [0.15, 0.2) is 5.82 Å². The molecule has 0 spiro atoms. The predicted octanol–water partition coefficient (Wildman–Crippen LogP) is 19.5. The third-order valence-corrected chi connectivity index (χ3v) is 16.8. The van der Waals surface area contributed by atoms with E-state index in [9.17, 15) is 0 Å². The van der Waals surface area contributed by atoms with Crippen molar-refractivity contribution in [2.75, 3.05) is 0 Å². The minimum Gasteiger partial charge on any atom is -0.309 e. The largest absolute Gasteiger partial charge is 0.309 e. The molecule has 12 aromatic carbocycles. The second-order valence-corrected chi connectivity index (χ2v) is 21.3. The molecule has 82 heavy (non-hydrogen) atoms. The van der Waals surface area contributed by atoms with Gasteiger partial charge in [0.05, 0.1) is 66.9 Å². The molecule has 6 heteroatoms. The first-order chi connectivity index (χ1) is 40.7. The highest BCUT2D eigenvalue weighted by Gasteiger charge is 2.25. The molecule has 0 saturated heterocycles. The van der Waals surface area contributed by atoms with Crippen molar-refractivity contribution >= 4 is 87.2 Å². The Bertz CT molecular complexity index is 5320. The summed E-state index contributed by atoms with van der Waals surface area (Å²) in [5.74, 6) is 0.674. The molecule has 0 fully saturated rings. The van der Waals surface area contributed by atoms with Gasteiger partial charge in [0.2, 0.25) is 0 Å². The first-order valence-corrected chi connectivity index (χ1v) is 28.0. The van der Waals surface area contributed by atoms with Crippen molar-refractivity contribution in [2.45, 2.75) is 0 Å². The molecule has 0 amide bonds. The van der Waals surface area contributed by atoms with E-state index in [0.29, 0.717) is 5.82 Å². The van der Waals surface area contributed by atoms with Gasteiger partial charge in [0.1, 0.15) is 0 Å². The van der Waals surface area contributed by atoms with Crippen molar-refractivity contribution < 1.29 is 0 Å². The van der Waals surface area contributed by atoms with Gasteiger partial charge < -0.3 is 18.3 Å². The second kappa shape index (κ2) is 18.2. The van der Waals surface area contributed by atoms with E-state index in [1.54, 1.807) is 0 Å². The van der Waals surface area contributed by atoms with Gasteiger partial charge in [-0.2, -0.15) is 0 Å². The number of hydrogen-bond acceptors (Lipinski definition) is 2. The first kappa shape index (κ1) is 45.9. The Morgan fingerprint density at radius 3 is 1.07 bits per heavy atom. The Balaban J connectivity index is 0.978. The Labute approximate surface area is 471 Å². The van der Waals surface area contributed by atoms with Gasteiger partial charge in [-0.25, -0.2) is 9.97 Å². The molecule has 0 aliphatic carbocycles. The molecule has 17 aromatic rings. The molecular formula is C76H48N6. The van der Waals surface area contributed by atoms with Crippen molar-refractivity contribution in [1.29, 1.82) is 0 Å². The van der Waals surface area contributed by atoms with Gasteiger partial charge in [0.25, 0.3) is 0 Å². The fraction of sp³-hybridized carbons (Fsp3) is 0. The SMILES string of the molecule is c1ccc(-c2cc(-c3ccc(-c4ccccc4-n4c5ccccc5c5cc6c7ccccc7n(-c7ccccc7)c6cc54)c(-n4c5ccccc5c5cc6c7ccccc7n(-c7ccccc7)c6cc54)c3)nc(-c3ccccc3)n2)cc1. The lowest BCUT2D eigenvalue weighted by Gasteiger charge is -2.20. The standard InChI is InChI=1S/C76H48N6/c1-5-23-49(24-6-1)64-46-65(78-76(77-64)50-25-7-2-8-26-50)51-41-42-59(71(43-51)82-70-40-22-17-35-58(70)63-45-61-56-33-15-19-37-67(56)80(73(61)48-75(63)82)53-29-11-4-12-30-53)54-31-13-20-38-68(54)81-69-39-21-16-34-57(69)62-44-60-55-32-14-18-36-66(55)79(72(60)47-74(62)81)52-27-9-3-10-28-52/h1-48H. The molecule has 0 atom stereocenters. The van der Waals surface area contributed by atoms with E-state index in [-0.39, 0.29) is 0 Å². The average Bonchev–Trinajstić information content (AvgIpc) is 2.64. The van der Waals surface area contributed by atoms with Crippen molar-refractivity contribution in [2.24, 2.45) is 0 Å². The van der Waals surface area contributed by atoms with Crippen LogP contribution < -0.4 is 0 Å². The van der Waals surface area contributed by atoms with Crippen LogP contribution in [0.4, 0.5) is 0 Å². The van der Waals surface area contributed by atoms with Crippen LogP contribution in [0.1, 0.15) is 0 Å². The predicted molar refractivity (Wildman–Crippen MR) is 341 cm³/mol. The van der Waals surface area contributed by atoms with Crippen molar-refractivity contribution in [1.82, 2.24) is 28.2 Å². The lowest BCUT2D eigenvalue weighted by Crippen LogP contribution is -2.03. The molecule has 17 rings (SSSR count). The summed E-state index contributed by atoms with van der Waals surface area (Å²) in [4.78, 5) is 10.6. The second-order valence-electron chi connectivity index (χ2n) is 21.3. The Kier molecular flexibility index (Phi) is 10.2. The number of rotatable bonds is 8. The first-order valence-electron chi connectivity index (χ1n) is 28.0. The van der Waals surface area contributed by atoms with Gasteiger partial charge in [-0.15, -0.1) is 0 Å². The fourth-order valence-corrected chi connectivity index (χ4v) is 13.2. The molecule has 0 aliphatic rings. The summed E-state index contributed by atoms with van der Waals surface area (Å²) in [6.45, 7) is 0. The Morgan fingerprint density at radius 2 is 0.573 bits per heavy atom. The maximum Gasteiger partial charge on any atom is 0.160 e. The number of benzene rings is 12. The van der Waals surface area contributed by atoms with Crippen LogP contribution in [0.25, 0.3) is 155 Å². The fourth-order valence-electron chi connectivity index (χ4n) is 13.2. The zero-order valence-electron chi connectivity index (χ0n) is 44.4. The maximum absolute atomic E-state index is 5.43. The van der Waals surface area contributed by atoms with Crippen LogP contribution in [0.2, 0.25) is 0 Å². The summed E-state index contributed by atoms with van der Waals surface area (Å²) in [7, 11) is 0. The van der Waals surface area contributed by atoms with Crippen molar-refractivity contribution in [3.8, 4) is 67.8 Å². The molecular weight excluding hydrogens is 997 g/mol. The van der Waals surface area contributed by atoms with Gasteiger partial charge in [-0.3, -0.25) is 0 Å². The lowest BCUT2D eigenvalue weighted by molar-refractivity contribution is 1.15. The van der Waals surface area contributed by atoms with E-state index in [0.717, 1.165) is 95.1 Å². The molecule has 0 radical (unpaired) electrons. The van der Waals surface area contributed by atoms with Crippen LogP contribution in [0.3, 0.4) is 0 Å². The number of hydrogen-bond donors (Lipinski definition) is 0. The van der Waals surface area contributed by atoms with Gasteiger partial charge in [-0.1, -0.05) is 200 Å². The highest BCUT2D eigenvalue weighted by Crippen LogP contribution is 2.46. The van der Waals surface area contributed by atoms with E-state index >= 15 is 0 Å². The molecule has 0 unspecified atom stereocenters. The highest BCUT2D eigenvalue weighted by atomic mass is 15.0. The van der Waals surface area contributed by atoms with Gasteiger partial charge in [-0.05, 0) is 91.0 Å². The highest BCUT2D eigenvalue weighted by molar-refractivity contribution is 6.21. The zero-order valence-corrected chi connectivity index (χ0v) is 44.4. The van der Waals surface area contributed by atoms with Gasteiger partial charge in [0, 0.05) is 82.3 Å². The molecule has 0 N–H and O–H groups in total. The van der Waals surface area contributed by atoms with Gasteiger partial charge >= 0.3 is 0 Å². The van der Waals surface area contributed by atoms with Crippen LogP contribution in [-0.2, 0) is 0 Å². The molecule has 0 aliphatic heterocycles. The number of para-hydroxylation sites is 7. The van der Waals surface area contributed by atoms with E-state index in [1.165, 1.54) is 54.1 Å². The third-order valence-electron chi connectivity index (χ3n) is 16.8. The Hall–Kier alpha value is -11.1. The monoisotopic (exact) mass is 1040 g/mol. The molecule has 5 heterocycles. The van der Waals surface area contributed by atoms with Crippen molar-refractivity contribution in [3.05, 3.63) is 291 Å². The quantitative estimate of drug-likeness (QED) is 0.152. The number of fused-ring (bicyclic) bond motifs is 12. The molecule has 382 valence electrons. The normalized spacial score (nSPS) is 11.9. The van der Waals surface area contributed by atoms with Crippen LogP contribution in [-0.4, -0.2) is 28.2 Å². The van der Waals surface area contributed by atoms with Crippen LogP contribution >= 0.6 is 0 Å². The van der Waals surface area contributed by atoms with E-state index < -0.39 is 0 Å². The van der Waals surface area contributed by atoms with E-state index in [1.807, 2.05) is 6.07 Å².